The molecule has 1 aliphatic heterocycles. The van der Waals surface area contributed by atoms with Crippen LogP contribution < -0.4 is 14.8 Å². The number of aromatic nitrogens is 3. The zero-order chi connectivity index (χ0) is 41.0. The Bertz CT molecular complexity index is 1990. The molecule has 18 nitrogen and oxygen atoms in total. The Morgan fingerprint density at radius 2 is 1.77 bits per heavy atom. The maximum Gasteiger partial charge on any atom is 0.377 e. The number of hydrogen-bond donors (Lipinski definition) is 7. The van der Waals surface area contributed by atoms with E-state index >= 15 is 0 Å². The van der Waals surface area contributed by atoms with E-state index in [-0.39, 0.29) is 28.4 Å². The van der Waals surface area contributed by atoms with E-state index in [1.807, 2.05) is 0 Å². The molecule has 6 atom stereocenters. The summed E-state index contributed by atoms with van der Waals surface area (Å²) in [6.45, 7) is 1.82. The van der Waals surface area contributed by atoms with Gasteiger partial charge in [-0.25, -0.2) is 31.5 Å². The first kappa shape index (κ1) is 42.5. The highest BCUT2D eigenvalue weighted by Gasteiger charge is 2.57. The molecule has 306 valence electrons. The van der Waals surface area contributed by atoms with E-state index in [0.717, 1.165) is 30.2 Å². The molecule has 7 N–H and O–H groups in total. The first-order chi connectivity index (χ1) is 26.5. The van der Waals surface area contributed by atoms with E-state index in [4.69, 9.17) is 14.2 Å². The van der Waals surface area contributed by atoms with Crippen molar-refractivity contribution in [1.82, 2.24) is 25.0 Å². The monoisotopic (exact) mass is 811 g/mol. The number of carboxylic acids is 1. The minimum Gasteiger partial charge on any atom is -0.476 e. The second-order valence-corrected chi connectivity index (χ2v) is 15.2. The van der Waals surface area contributed by atoms with E-state index in [1.165, 1.54) is 36.5 Å². The number of carboxylic acid groups (broad SMARTS) is 1. The molecule has 21 heteroatoms. The molecule has 0 radical (unpaired) electrons. The number of carbonyl (C=O) groups excluding carboxylic acids is 2. The molecule has 1 saturated heterocycles. The van der Waals surface area contributed by atoms with Crippen LogP contribution in [0.4, 0.5) is 8.78 Å². The summed E-state index contributed by atoms with van der Waals surface area (Å²) in [6.07, 6.45) is -7.84. The molecule has 1 aliphatic carbocycles. The highest BCUT2D eigenvalue weighted by atomic mass is 32.2. The van der Waals surface area contributed by atoms with E-state index in [0.29, 0.717) is 25.7 Å². The van der Waals surface area contributed by atoms with Crippen LogP contribution >= 0.6 is 0 Å². The van der Waals surface area contributed by atoms with Gasteiger partial charge in [-0.3, -0.25) is 4.79 Å². The minimum absolute atomic E-state index is 0.00571. The molecule has 1 saturated carbocycles. The number of nitrogens with one attached hydrogen (secondary N) is 2. The van der Waals surface area contributed by atoms with Gasteiger partial charge in [-0.1, -0.05) is 24.5 Å². The molecule has 0 unspecified atom stereocenters. The third-order valence-electron chi connectivity index (χ3n) is 9.65. The van der Waals surface area contributed by atoms with Crippen LogP contribution in [0.2, 0.25) is 0 Å². The van der Waals surface area contributed by atoms with Crippen molar-refractivity contribution in [3.05, 3.63) is 65.5 Å². The van der Waals surface area contributed by atoms with Crippen LogP contribution in [0, 0.1) is 0 Å². The van der Waals surface area contributed by atoms with Crippen LogP contribution in [0.5, 0.6) is 5.75 Å². The average Bonchev–Trinajstić information content (AvgIpc) is 3.67. The summed E-state index contributed by atoms with van der Waals surface area (Å²) in [7, 11) is -4.19. The number of aliphatic hydroxyl groups excluding tert-OH is 4. The van der Waals surface area contributed by atoms with Gasteiger partial charge in [-0.2, -0.15) is 4.72 Å². The van der Waals surface area contributed by atoms with Crippen molar-refractivity contribution in [2.45, 2.75) is 105 Å². The molecule has 0 spiro atoms. The molecule has 2 heterocycles. The number of alkyl halides is 2. The standard InChI is InChI=1S/C35H43F2N5O13S/c1-3-53-32(48)20-7-10-22(11-8-20)56(51,52)40-34(13-5-4-6-14-34)27-17-42(41-39-27)21-9-12-26(23(15-21)31(36)37)54-35(33(49)50)16-24(45)28(38-19(2)44)30(55-35)29(47)25(46)18-43/h7-12,15,17,24-25,28-31,40,43,45-47H,3-6,13-14,16,18H2,1-2H3,(H,38,44)(H,49,50)/t24-,25+,28+,29+,30+,35+/m0/s1. The van der Waals surface area contributed by atoms with E-state index < -0.39 is 100 Å². The van der Waals surface area contributed by atoms with Gasteiger partial charge in [0.05, 0.1) is 65.2 Å². The lowest BCUT2D eigenvalue weighted by Crippen LogP contribution is -2.68. The van der Waals surface area contributed by atoms with Crippen LogP contribution in [-0.4, -0.2) is 116 Å². The number of sulfonamides is 1. The SMILES string of the molecule is CCOC(=O)c1ccc(S(=O)(=O)NC2(c3cn(-c4ccc(O[C@]5(C(=O)O)C[C@H](O)[C@@H](NC(C)=O)[C@H]([C@H](O)[C@H](O)CO)O5)c(C(F)F)c4)nn3)CCCCC2)cc1. The van der Waals surface area contributed by atoms with Gasteiger partial charge >= 0.3 is 17.7 Å². The summed E-state index contributed by atoms with van der Waals surface area (Å²) >= 11 is 0. The van der Waals surface area contributed by atoms with Gasteiger partial charge in [-0.15, -0.1) is 5.10 Å². The maximum atomic E-state index is 14.6. The van der Waals surface area contributed by atoms with Crippen molar-refractivity contribution in [2.75, 3.05) is 13.2 Å². The Kier molecular flexibility index (Phi) is 13.1. The summed E-state index contributed by atoms with van der Waals surface area (Å²) in [5.41, 5.74) is -1.74. The molecule has 3 aromatic rings. The lowest BCUT2D eigenvalue weighted by Gasteiger charge is -2.46. The smallest absolute Gasteiger partial charge is 0.377 e. The quantitative estimate of drug-likeness (QED) is 0.106. The predicted octanol–water partition coefficient (Wildman–Crippen LogP) is 1.05. The molecule has 2 aliphatic rings. The van der Waals surface area contributed by atoms with Gasteiger partial charge < -0.3 is 45.1 Å². The summed E-state index contributed by atoms with van der Waals surface area (Å²) < 4.78 is 76.6. The number of aliphatic carboxylic acids is 1. The fraction of sp³-hybridized carbons (Fsp3) is 0.514. The number of rotatable bonds is 15. The third kappa shape index (κ3) is 8.98. The van der Waals surface area contributed by atoms with Crippen LogP contribution in [-0.2, 0) is 34.6 Å². The highest BCUT2D eigenvalue weighted by molar-refractivity contribution is 7.89. The first-order valence-corrected chi connectivity index (χ1v) is 19.1. The maximum absolute atomic E-state index is 14.6. The van der Waals surface area contributed by atoms with Crippen molar-refractivity contribution < 1.29 is 71.3 Å². The Morgan fingerprint density at radius 3 is 2.36 bits per heavy atom. The Hall–Kier alpha value is -4.64. The Balaban J connectivity index is 1.45. The molecule has 1 amide bonds. The molecule has 2 fully saturated rings. The predicted molar refractivity (Wildman–Crippen MR) is 187 cm³/mol. The number of carbonyl (C=O) groups is 3. The van der Waals surface area contributed by atoms with Crippen LogP contribution in [0.15, 0.2) is 53.6 Å². The molecule has 2 aromatic carbocycles. The average molecular weight is 812 g/mol. The topological polar surface area (TPSA) is 269 Å². The second kappa shape index (κ2) is 17.2. The first-order valence-electron chi connectivity index (χ1n) is 17.6. The lowest BCUT2D eigenvalue weighted by atomic mass is 9.80. The summed E-state index contributed by atoms with van der Waals surface area (Å²) in [5, 5.41) is 61.9. The third-order valence-corrected chi connectivity index (χ3v) is 11.2. The number of hydrogen-bond acceptors (Lipinski definition) is 14. The van der Waals surface area contributed by atoms with Gasteiger partial charge in [0.1, 0.15) is 29.8 Å². The fourth-order valence-corrected chi connectivity index (χ4v) is 8.26. The number of amides is 1. The number of benzene rings is 2. The van der Waals surface area contributed by atoms with Crippen molar-refractivity contribution in [3.63, 3.8) is 0 Å². The summed E-state index contributed by atoms with van der Waals surface area (Å²) in [5.74, 6) is -6.89. The fourth-order valence-electron chi connectivity index (χ4n) is 6.83. The largest absolute Gasteiger partial charge is 0.476 e. The number of esters is 1. The van der Waals surface area contributed by atoms with Gasteiger partial charge in [0.15, 0.2) is 0 Å². The van der Waals surface area contributed by atoms with Crippen molar-refractivity contribution in [1.29, 1.82) is 0 Å². The molecule has 1 aromatic heterocycles. The van der Waals surface area contributed by atoms with Gasteiger partial charge in [0.2, 0.25) is 15.9 Å². The zero-order valence-corrected chi connectivity index (χ0v) is 31.1. The molecular formula is C35H43F2N5O13S. The summed E-state index contributed by atoms with van der Waals surface area (Å²) in [4.78, 5) is 36.4. The molecule has 56 heavy (non-hydrogen) atoms. The van der Waals surface area contributed by atoms with Crippen molar-refractivity contribution in [2.24, 2.45) is 0 Å². The highest BCUT2D eigenvalue weighted by Crippen LogP contribution is 2.40. The van der Waals surface area contributed by atoms with E-state index in [1.54, 1.807) is 6.92 Å². The molecule has 5 rings (SSSR count). The Labute approximate surface area is 319 Å². The van der Waals surface area contributed by atoms with Gasteiger partial charge in [0, 0.05) is 6.92 Å². The lowest BCUT2D eigenvalue weighted by molar-refractivity contribution is -0.284. The zero-order valence-electron chi connectivity index (χ0n) is 30.2. The summed E-state index contributed by atoms with van der Waals surface area (Å²) in [6, 6.07) is 6.85. The Morgan fingerprint density at radius 1 is 1.09 bits per heavy atom. The molecule has 0 bridgehead atoms. The van der Waals surface area contributed by atoms with Crippen LogP contribution in [0.1, 0.15) is 80.4 Å². The van der Waals surface area contributed by atoms with E-state index in [9.17, 15) is 57.1 Å². The van der Waals surface area contributed by atoms with Gasteiger partial charge in [-0.05, 0) is 62.2 Å². The van der Waals surface area contributed by atoms with Crippen molar-refractivity contribution in [3.8, 4) is 11.4 Å². The molecular weight excluding hydrogens is 768 g/mol. The van der Waals surface area contributed by atoms with E-state index in [2.05, 4.69) is 20.4 Å². The van der Waals surface area contributed by atoms with Gasteiger partial charge in [0.25, 0.3) is 6.43 Å². The number of nitrogens with zero attached hydrogens (tertiary/aromatic N) is 3. The number of ether oxygens (including phenoxy) is 3. The van der Waals surface area contributed by atoms with Crippen molar-refractivity contribution >= 4 is 27.9 Å². The minimum atomic E-state index is -4.19. The normalized spacial score (nSPS) is 23.6. The van der Waals surface area contributed by atoms with Crippen LogP contribution in [0.3, 0.4) is 0 Å². The van der Waals surface area contributed by atoms with Crippen LogP contribution in [0.25, 0.3) is 5.69 Å². The number of halogens is 2. The second-order valence-electron chi connectivity index (χ2n) is 13.5. The number of aliphatic hydroxyl groups is 4.